The lowest BCUT2D eigenvalue weighted by atomic mass is 10.1. The first kappa shape index (κ1) is 24.0. The van der Waals surface area contributed by atoms with Crippen molar-refractivity contribution in [3.63, 3.8) is 0 Å². The quantitative estimate of drug-likeness (QED) is 0.347. The van der Waals surface area contributed by atoms with Gasteiger partial charge in [0, 0.05) is 26.3 Å². The van der Waals surface area contributed by atoms with Crippen molar-refractivity contribution in [2.45, 2.75) is 19.3 Å². The molecule has 0 saturated carbocycles. The minimum atomic E-state index is -0.734. The van der Waals surface area contributed by atoms with Crippen LogP contribution in [0.15, 0.2) is 36.4 Å². The standard InChI is InChI=1S/C23H27N3O7/c1-31-12-13-33-21-15-19(26(29)30)17(14-20(21)32-2)22(27)24-18-9-5-4-8-16(18)23(28)25-10-6-3-7-11-25/h4-5,8-9,14-15H,3,6-7,10-13H2,1-2H3,(H,24,27). The molecule has 0 aliphatic carbocycles. The molecule has 10 heteroatoms. The Hall–Kier alpha value is -3.66. The number of amides is 2. The van der Waals surface area contributed by atoms with Crippen LogP contribution in [0.2, 0.25) is 0 Å². The summed E-state index contributed by atoms with van der Waals surface area (Å²) in [4.78, 5) is 38.9. The van der Waals surface area contributed by atoms with Gasteiger partial charge < -0.3 is 24.4 Å². The largest absolute Gasteiger partial charge is 0.493 e. The van der Waals surface area contributed by atoms with E-state index in [0.29, 0.717) is 18.7 Å². The molecule has 3 rings (SSSR count). The van der Waals surface area contributed by atoms with Crippen LogP contribution < -0.4 is 14.8 Å². The van der Waals surface area contributed by atoms with Crippen LogP contribution in [-0.2, 0) is 4.74 Å². The van der Waals surface area contributed by atoms with E-state index in [-0.39, 0.29) is 41.9 Å². The Bertz CT molecular complexity index is 1020. The van der Waals surface area contributed by atoms with E-state index in [1.165, 1.54) is 20.3 Å². The van der Waals surface area contributed by atoms with Crippen LogP contribution in [0.4, 0.5) is 11.4 Å². The number of piperidine rings is 1. The number of nitro benzene ring substituents is 1. The summed E-state index contributed by atoms with van der Waals surface area (Å²) in [6.45, 7) is 1.76. The van der Waals surface area contributed by atoms with Gasteiger partial charge in [-0.3, -0.25) is 19.7 Å². The zero-order valence-electron chi connectivity index (χ0n) is 18.7. The summed E-state index contributed by atoms with van der Waals surface area (Å²) in [5, 5.41) is 14.3. The molecular formula is C23H27N3O7. The smallest absolute Gasteiger partial charge is 0.286 e. The number of nitrogens with zero attached hydrogens (tertiary/aromatic N) is 2. The zero-order valence-corrected chi connectivity index (χ0v) is 18.7. The van der Waals surface area contributed by atoms with Gasteiger partial charge in [-0.15, -0.1) is 0 Å². The van der Waals surface area contributed by atoms with E-state index in [0.717, 1.165) is 25.3 Å². The number of hydrogen-bond acceptors (Lipinski definition) is 7. The number of hydrogen-bond donors (Lipinski definition) is 1. The third kappa shape index (κ3) is 5.78. The van der Waals surface area contributed by atoms with Crippen LogP contribution in [0, 0.1) is 10.1 Å². The van der Waals surface area contributed by atoms with E-state index in [4.69, 9.17) is 14.2 Å². The highest BCUT2D eigenvalue weighted by Crippen LogP contribution is 2.35. The average molecular weight is 457 g/mol. The van der Waals surface area contributed by atoms with Gasteiger partial charge in [-0.25, -0.2) is 0 Å². The van der Waals surface area contributed by atoms with Gasteiger partial charge in [0.15, 0.2) is 11.5 Å². The maximum absolute atomic E-state index is 13.1. The number of anilines is 1. The monoisotopic (exact) mass is 457 g/mol. The van der Waals surface area contributed by atoms with Crippen LogP contribution in [0.25, 0.3) is 0 Å². The highest BCUT2D eigenvalue weighted by molar-refractivity contribution is 6.11. The number of likely N-dealkylation sites (tertiary alicyclic amines) is 1. The summed E-state index contributed by atoms with van der Waals surface area (Å²) in [6.07, 6.45) is 2.95. The van der Waals surface area contributed by atoms with E-state index >= 15 is 0 Å². The summed E-state index contributed by atoms with van der Waals surface area (Å²) in [5.74, 6) is -0.625. The van der Waals surface area contributed by atoms with Gasteiger partial charge >= 0.3 is 0 Å². The molecule has 176 valence electrons. The van der Waals surface area contributed by atoms with Gasteiger partial charge in [-0.1, -0.05) is 12.1 Å². The fourth-order valence-electron chi connectivity index (χ4n) is 3.63. The van der Waals surface area contributed by atoms with Crippen LogP contribution in [0.3, 0.4) is 0 Å². The second-order valence-electron chi connectivity index (χ2n) is 7.47. The van der Waals surface area contributed by atoms with Crippen molar-refractivity contribution in [2.24, 2.45) is 0 Å². The number of carbonyl (C=O) groups is 2. The van der Waals surface area contributed by atoms with Crippen molar-refractivity contribution in [2.75, 3.05) is 45.8 Å². The minimum Gasteiger partial charge on any atom is -0.493 e. The number of methoxy groups -OCH3 is 2. The molecule has 0 radical (unpaired) electrons. The number of rotatable bonds is 9. The van der Waals surface area contributed by atoms with Gasteiger partial charge in [-0.05, 0) is 31.4 Å². The molecule has 1 heterocycles. The Balaban J connectivity index is 1.90. The molecule has 33 heavy (non-hydrogen) atoms. The molecule has 2 aromatic carbocycles. The Kier molecular flexibility index (Phi) is 8.20. The van der Waals surface area contributed by atoms with E-state index in [2.05, 4.69) is 5.32 Å². The van der Waals surface area contributed by atoms with E-state index in [1.54, 1.807) is 29.2 Å². The van der Waals surface area contributed by atoms with Crippen LogP contribution >= 0.6 is 0 Å². The molecule has 1 aliphatic heterocycles. The molecule has 0 bridgehead atoms. The Morgan fingerprint density at radius 1 is 1.03 bits per heavy atom. The summed E-state index contributed by atoms with van der Waals surface area (Å²) in [6, 6.07) is 9.03. The number of carbonyl (C=O) groups excluding carboxylic acids is 2. The number of ether oxygens (including phenoxy) is 3. The van der Waals surface area contributed by atoms with Crippen molar-refractivity contribution < 1.29 is 28.7 Å². The molecule has 1 N–H and O–H groups in total. The SMILES string of the molecule is COCCOc1cc([N+](=O)[O-])c(C(=O)Nc2ccccc2C(=O)N2CCCCC2)cc1OC. The number of benzene rings is 2. The molecule has 1 fully saturated rings. The summed E-state index contributed by atoms with van der Waals surface area (Å²) in [5.41, 5.74) is -0.0367. The lowest BCUT2D eigenvalue weighted by molar-refractivity contribution is -0.385. The molecule has 0 atom stereocenters. The summed E-state index contributed by atoms with van der Waals surface area (Å²) >= 11 is 0. The summed E-state index contributed by atoms with van der Waals surface area (Å²) < 4.78 is 15.7. The average Bonchev–Trinajstić information content (AvgIpc) is 2.84. The predicted molar refractivity (Wildman–Crippen MR) is 121 cm³/mol. The highest BCUT2D eigenvalue weighted by Gasteiger charge is 2.27. The maximum atomic E-state index is 13.1. The second kappa shape index (κ2) is 11.3. The molecule has 2 amide bonds. The van der Waals surface area contributed by atoms with E-state index < -0.39 is 16.5 Å². The molecule has 0 spiro atoms. The molecule has 0 aromatic heterocycles. The van der Waals surface area contributed by atoms with Gasteiger partial charge in [0.25, 0.3) is 17.5 Å². The first-order valence-electron chi connectivity index (χ1n) is 10.6. The fourth-order valence-corrected chi connectivity index (χ4v) is 3.63. The lowest BCUT2D eigenvalue weighted by Crippen LogP contribution is -2.36. The van der Waals surface area contributed by atoms with E-state index in [1.807, 2.05) is 0 Å². The fraction of sp³-hybridized carbons (Fsp3) is 0.391. The van der Waals surface area contributed by atoms with Gasteiger partial charge in [-0.2, -0.15) is 0 Å². The predicted octanol–water partition coefficient (Wildman–Crippen LogP) is 3.51. The zero-order chi connectivity index (χ0) is 23.8. The first-order valence-corrected chi connectivity index (χ1v) is 10.6. The topological polar surface area (TPSA) is 120 Å². The lowest BCUT2D eigenvalue weighted by Gasteiger charge is -2.27. The number of para-hydroxylation sites is 1. The number of nitrogens with one attached hydrogen (secondary N) is 1. The van der Waals surface area contributed by atoms with Gasteiger partial charge in [0.1, 0.15) is 12.2 Å². The van der Waals surface area contributed by atoms with Crippen molar-refractivity contribution >= 4 is 23.2 Å². The Morgan fingerprint density at radius 2 is 1.76 bits per heavy atom. The summed E-state index contributed by atoms with van der Waals surface area (Å²) in [7, 11) is 2.88. The van der Waals surface area contributed by atoms with E-state index in [9.17, 15) is 19.7 Å². The molecular weight excluding hydrogens is 430 g/mol. The van der Waals surface area contributed by atoms with Gasteiger partial charge in [0.05, 0.1) is 36.0 Å². The first-order chi connectivity index (χ1) is 16.0. The number of nitro groups is 1. The molecule has 2 aromatic rings. The van der Waals surface area contributed by atoms with Crippen molar-refractivity contribution in [3.05, 3.63) is 57.6 Å². The van der Waals surface area contributed by atoms with Crippen LogP contribution in [0.5, 0.6) is 11.5 Å². The third-order valence-corrected chi connectivity index (χ3v) is 5.32. The molecule has 0 unspecified atom stereocenters. The Morgan fingerprint density at radius 3 is 2.42 bits per heavy atom. The van der Waals surface area contributed by atoms with Crippen molar-refractivity contribution in [1.82, 2.24) is 4.90 Å². The Labute approximate surface area is 191 Å². The second-order valence-corrected chi connectivity index (χ2v) is 7.47. The minimum absolute atomic E-state index is 0.124. The van der Waals surface area contributed by atoms with Crippen molar-refractivity contribution in [3.8, 4) is 11.5 Å². The highest BCUT2D eigenvalue weighted by atomic mass is 16.6. The van der Waals surface area contributed by atoms with Gasteiger partial charge in [0.2, 0.25) is 0 Å². The third-order valence-electron chi connectivity index (χ3n) is 5.32. The normalized spacial score (nSPS) is 13.3. The van der Waals surface area contributed by atoms with Crippen LogP contribution in [0.1, 0.15) is 40.0 Å². The molecule has 1 aliphatic rings. The van der Waals surface area contributed by atoms with Crippen LogP contribution in [-0.4, -0.2) is 62.2 Å². The molecule has 1 saturated heterocycles. The molecule has 10 nitrogen and oxygen atoms in total. The maximum Gasteiger partial charge on any atom is 0.286 e. The van der Waals surface area contributed by atoms with Crippen molar-refractivity contribution in [1.29, 1.82) is 0 Å².